The fourth-order valence-electron chi connectivity index (χ4n) is 2.48. The maximum Gasteiger partial charge on any atom is 0.115 e. The van der Waals surface area contributed by atoms with Gasteiger partial charge in [-0.2, -0.15) is 5.10 Å². The van der Waals surface area contributed by atoms with Crippen LogP contribution in [-0.2, 0) is 6.42 Å². The summed E-state index contributed by atoms with van der Waals surface area (Å²) < 4.78 is 0. The molecule has 2 N–H and O–H groups in total. The molecule has 0 radical (unpaired) electrons. The summed E-state index contributed by atoms with van der Waals surface area (Å²) in [6, 6.07) is 9.34. The van der Waals surface area contributed by atoms with E-state index in [1.54, 1.807) is 23.5 Å². The third-order valence-corrected chi connectivity index (χ3v) is 4.28. The van der Waals surface area contributed by atoms with Gasteiger partial charge in [-0.25, -0.2) is 0 Å². The number of benzene rings is 1. The Morgan fingerprint density at radius 2 is 2.00 bits per heavy atom. The first-order valence-electron chi connectivity index (χ1n) is 5.76. The number of aromatic amines is 1. The Bertz CT molecular complexity index is 725. The molecule has 0 amide bonds. The number of rotatable bonds is 1. The molecule has 4 heteroatoms. The molecule has 0 aliphatic heterocycles. The van der Waals surface area contributed by atoms with Gasteiger partial charge in [0.15, 0.2) is 0 Å². The van der Waals surface area contributed by atoms with Gasteiger partial charge in [0.1, 0.15) is 5.75 Å². The minimum Gasteiger partial charge on any atom is -0.508 e. The van der Waals surface area contributed by atoms with Crippen LogP contribution in [0.2, 0.25) is 0 Å². The number of hydrogen-bond acceptors (Lipinski definition) is 3. The molecule has 0 bridgehead atoms. The predicted octanol–water partition coefficient (Wildman–Crippen LogP) is 3.42. The molecule has 88 valence electrons. The fourth-order valence-corrected chi connectivity index (χ4v) is 3.37. The van der Waals surface area contributed by atoms with Crippen molar-refractivity contribution in [2.24, 2.45) is 0 Å². The zero-order valence-electron chi connectivity index (χ0n) is 9.47. The number of nitrogens with one attached hydrogen (secondary N) is 1. The van der Waals surface area contributed by atoms with E-state index in [0.29, 0.717) is 0 Å². The molecule has 0 atom stereocenters. The summed E-state index contributed by atoms with van der Waals surface area (Å²) in [7, 11) is 0. The van der Waals surface area contributed by atoms with Crippen LogP contribution in [0.3, 0.4) is 0 Å². The number of nitrogens with zero attached hydrogens (tertiary/aromatic N) is 1. The van der Waals surface area contributed by atoms with Crippen LogP contribution in [0.25, 0.3) is 22.5 Å². The first kappa shape index (κ1) is 9.91. The van der Waals surface area contributed by atoms with E-state index < -0.39 is 0 Å². The van der Waals surface area contributed by atoms with Crippen LogP contribution >= 0.6 is 11.3 Å². The van der Waals surface area contributed by atoms with Crippen LogP contribution in [0.1, 0.15) is 10.4 Å². The van der Waals surface area contributed by atoms with Gasteiger partial charge in [-0.05, 0) is 35.7 Å². The molecule has 3 aromatic rings. The van der Waals surface area contributed by atoms with E-state index >= 15 is 0 Å². The van der Waals surface area contributed by atoms with Gasteiger partial charge in [-0.3, -0.25) is 5.10 Å². The van der Waals surface area contributed by atoms with Gasteiger partial charge in [0.25, 0.3) is 0 Å². The smallest absolute Gasteiger partial charge is 0.115 e. The lowest BCUT2D eigenvalue weighted by molar-refractivity contribution is 0.475. The second kappa shape index (κ2) is 3.46. The molecule has 0 spiro atoms. The number of phenolic OH excluding ortho intramolecular Hbond substituents is 1. The van der Waals surface area contributed by atoms with Gasteiger partial charge in [0.05, 0.1) is 11.4 Å². The molecule has 0 saturated heterocycles. The Balaban J connectivity index is 1.87. The lowest BCUT2D eigenvalue weighted by atomic mass is 10.1. The number of H-pyrrole nitrogens is 1. The largest absolute Gasteiger partial charge is 0.508 e. The normalized spacial score (nSPS) is 12.4. The molecule has 2 aromatic heterocycles. The summed E-state index contributed by atoms with van der Waals surface area (Å²) in [5, 5.41) is 19.0. The lowest BCUT2D eigenvalue weighted by Gasteiger charge is -1.99. The van der Waals surface area contributed by atoms with Gasteiger partial charge < -0.3 is 5.11 Å². The molecule has 1 aliphatic carbocycles. The number of aromatic hydroxyl groups is 1. The minimum absolute atomic E-state index is 0.282. The third-order valence-electron chi connectivity index (χ3n) is 3.36. The van der Waals surface area contributed by atoms with E-state index in [2.05, 4.69) is 21.6 Å². The number of phenols is 1. The number of fused-ring (bicyclic) bond motifs is 3. The average Bonchev–Trinajstić information content (AvgIpc) is 3.01. The highest BCUT2D eigenvalue weighted by atomic mass is 32.1. The van der Waals surface area contributed by atoms with Crippen LogP contribution in [0.15, 0.2) is 35.7 Å². The Labute approximate surface area is 108 Å². The average molecular weight is 254 g/mol. The topological polar surface area (TPSA) is 48.9 Å². The highest BCUT2D eigenvalue weighted by Crippen LogP contribution is 2.42. The van der Waals surface area contributed by atoms with Crippen molar-refractivity contribution in [1.29, 1.82) is 0 Å². The van der Waals surface area contributed by atoms with Gasteiger partial charge in [0, 0.05) is 28.0 Å². The van der Waals surface area contributed by atoms with Gasteiger partial charge in [-0.1, -0.05) is 0 Å². The quantitative estimate of drug-likeness (QED) is 0.547. The van der Waals surface area contributed by atoms with Crippen molar-refractivity contribution in [1.82, 2.24) is 10.2 Å². The molecular formula is C14H10N2OS. The zero-order valence-corrected chi connectivity index (χ0v) is 10.3. The summed E-state index contributed by atoms with van der Waals surface area (Å²) in [5.74, 6) is 0.282. The summed E-state index contributed by atoms with van der Waals surface area (Å²) >= 11 is 1.79. The zero-order chi connectivity index (χ0) is 12.1. The van der Waals surface area contributed by atoms with E-state index in [0.717, 1.165) is 23.4 Å². The molecule has 18 heavy (non-hydrogen) atoms. The van der Waals surface area contributed by atoms with Gasteiger partial charge >= 0.3 is 0 Å². The number of hydrogen-bond donors (Lipinski definition) is 2. The van der Waals surface area contributed by atoms with Crippen molar-refractivity contribution < 1.29 is 5.11 Å². The Kier molecular flexibility index (Phi) is 1.91. The second-order valence-electron chi connectivity index (χ2n) is 4.41. The Morgan fingerprint density at radius 3 is 2.83 bits per heavy atom. The lowest BCUT2D eigenvalue weighted by Crippen LogP contribution is -1.84. The van der Waals surface area contributed by atoms with Gasteiger partial charge in [-0.15, -0.1) is 11.3 Å². The van der Waals surface area contributed by atoms with E-state index in [1.165, 1.54) is 16.0 Å². The maximum atomic E-state index is 9.33. The maximum absolute atomic E-state index is 9.33. The monoisotopic (exact) mass is 254 g/mol. The number of thiophene rings is 1. The highest BCUT2D eigenvalue weighted by Gasteiger charge is 2.25. The molecular weight excluding hydrogens is 244 g/mol. The standard InChI is InChI=1S/C14H10N2OS/c17-9-3-1-8(2-4-9)13-11-7-12-10(5-6-18-12)14(11)16-15-13/h1-6,17H,7H2,(H,15,16). The minimum atomic E-state index is 0.282. The fraction of sp³-hybridized carbons (Fsp3) is 0.0714. The summed E-state index contributed by atoms with van der Waals surface area (Å²) in [6.45, 7) is 0. The Hall–Kier alpha value is -2.07. The molecule has 2 heterocycles. The van der Waals surface area contributed by atoms with Crippen molar-refractivity contribution in [2.75, 3.05) is 0 Å². The SMILES string of the molecule is Oc1ccc(-c2n[nH]c3c2Cc2sccc2-3)cc1. The molecule has 0 fully saturated rings. The van der Waals surface area contributed by atoms with Crippen LogP contribution < -0.4 is 0 Å². The van der Waals surface area contributed by atoms with Crippen LogP contribution in [-0.4, -0.2) is 15.3 Å². The van der Waals surface area contributed by atoms with Crippen molar-refractivity contribution in [3.05, 3.63) is 46.2 Å². The van der Waals surface area contributed by atoms with Crippen molar-refractivity contribution >= 4 is 11.3 Å². The van der Waals surface area contributed by atoms with Crippen LogP contribution in [0.5, 0.6) is 5.75 Å². The van der Waals surface area contributed by atoms with Crippen LogP contribution in [0, 0.1) is 0 Å². The molecule has 3 nitrogen and oxygen atoms in total. The van der Waals surface area contributed by atoms with Crippen molar-refractivity contribution in [3.63, 3.8) is 0 Å². The third kappa shape index (κ3) is 1.26. The molecule has 1 aromatic carbocycles. The molecule has 1 aliphatic rings. The summed E-state index contributed by atoms with van der Waals surface area (Å²) in [6.07, 6.45) is 0.953. The number of aromatic nitrogens is 2. The van der Waals surface area contributed by atoms with Crippen molar-refractivity contribution in [2.45, 2.75) is 6.42 Å². The first-order chi connectivity index (χ1) is 8.83. The molecule has 0 saturated carbocycles. The van der Waals surface area contributed by atoms with Gasteiger partial charge in [0.2, 0.25) is 0 Å². The predicted molar refractivity (Wildman–Crippen MR) is 71.8 cm³/mol. The Morgan fingerprint density at radius 1 is 1.17 bits per heavy atom. The van der Waals surface area contributed by atoms with E-state index in [-0.39, 0.29) is 5.75 Å². The van der Waals surface area contributed by atoms with E-state index in [4.69, 9.17) is 0 Å². The molecule has 0 unspecified atom stereocenters. The van der Waals surface area contributed by atoms with E-state index in [9.17, 15) is 5.11 Å². The van der Waals surface area contributed by atoms with Crippen LogP contribution in [0.4, 0.5) is 0 Å². The highest BCUT2D eigenvalue weighted by molar-refractivity contribution is 7.10. The van der Waals surface area contributed by atoms with E-state index in [1.807, 2.05) is 12.1 Å². The summed E-state index contributed by atoms with van der Waals surface area (Å²) in [4.78, 5) is 1.40. The summed E-state index contributed by atoms with van der Waals surface area (Å²) in [5.41, 5.74) is 5.73. The molecule has 4 rings (SSSR count). The van der Waals surface area contributed by atoms with Crippen molar-refractivity contribution in [3.8, 4) is 28.3 Å². The first-order valence-corrected chi connectivity index (χ1v) is 6.64. The second-order valence-corrected chi connectivity index (χ2v) is 5.41.